The quantitative estimate of drug-likeness (QED) is 0.862. The number of alkyl halides is 3. The molecular formula is C13H18ClF3N4. The van der Waals surface area contributed by atoms with Crippen molar-refractivity contribution in [3.63, 3.8) is 0 Å². The van der Waals surface area contributed by atoms with Crippen LogP contribution in [-0.4, -0.2) is 40.5 Å². The predicted octanol–water partition coefficient (Wildman–Crippen LogP) is 3.44. The third-order valence-electron chi connectivity index (χ3n) is 3.54. The molecule has 118 valence electrons. The van der Waals surface area contributed by atoms with E-state index in [2.05, 4.69) is 20.2 Å². The minimum Gasteiger partial charge on any atom is -0.368 e. The van der Waals surface area contributed by atoms with E-state index >= 15 is 0 Å². The summed E-state index contributed by atoms with van der Waals surface area (Å²) in [6.45, 7) is 4.62. The van der Waals surface area contributed by atoms with Crippen LogP contribution >= 0.6 is 11.6 Å². The molecule has 8 heteroatoms. The largest absolute Gasteiger partial charge is 0.451 e. The second-order valence-electron chi connectivity index (χ2n) is 5.22. The third-order valence-corrected chi connectivity index (χ3v) is 3.73. The molecule has 1 atom stereocenters. The number of halogens is 4. The molecule has 4 nitrogen and oxygen atoms in total. The Morgan fingerprint density at radius 2 is 1.95 bits per heavy atom. The highest BCUT2D eigenvalue weighted by atomic mass is 35.5. The maximum Gasteiger partial charge on any atom is 0.451 e. The molecule has 0 bridgehead atoms. The van der Waals surface area contributed by atoms with E-state index in [0.29, 0.717) is 6.54 Å². The Bertz CT molecular complexity index is 475. The number of nitrogens with one attached hydrogen (secondary N) is 1. The van der Waals surface area contributed by atoms with Crippen molar-refractivity contribution < 1.29 is 13.2 Å². The van der Waals surface area contributed by atoms with Crippen LogP contribution in [0.4, 0.5) is 19.0 Å². The van der Waals surface area contributed by atoms with Crippen molar-refractivity contribution in [2.75, 3.05) is 25.0 Å². The van der Waals surface area contributed by atoms with Crippen molar-refractivity contribution in [1.29, 1.82) is 0 Å². The van der Waals surface area contributed by atoms with Gasteiger partial charge in [0, 0.05) is 18.7 Å². The first kappa shape index (κ1) is 16.3. The molecule has 1 saturated heterocycles. The van der Waals surface area contributed by atoms with Crippen LogP contribution < -0.4 is 5.32 Å². The SMILES string of the molecule is CC(CNc1cc(Cl)nc(C(F)(F)F)n1)N1CCCCC1. The summed E-state index contributed by atoms with van der Waals surface area (Å²) in [5.41, 5.74) is 0. The summed E-state index contributed by atoms with van der Waals surface area (Å²) in [5, 5.41) is 2.70. The Morgan fingerprint density at radius 3 is 2.57 bits per heavy atom. The molecule has 1 aliphatic heterocycles. The van der Waals surface area contributed by atoms with E-state index in [1.165, 1.54) is 25.3 Å². The van der Waals surface area contributed by atoms with Crippen LogP contribution in [0.5, 0.6) is 0 Å². The predicted molar refractivity (Wildman–Crippen MR) is 75.4 cm³/mol. The van der Waals surface area contributed by atoms with Gasteiger partial charge in [0.05, 0.1) is 0 Å². The van der Waals surface area contributed by atoms with Gasteiger partial charge in [0.25, 0.3) is 0 Å². The summed E-state index contributed by atoms with van der Waals surface area (Å²) < 4.78 is 37.9. The fourth-order valence-corrected chi connectivity index (χ4v) is 2.56. The lowest BCUT2D eigenvalue weighted by Gasteiger charge is -2.32. The number of hydrogen-bond acceptors (Lipinski definition) is 4. The summed E-state index contributed by atoms with van der Waals surface area (Å²) in [6.07, 6.45) is -1.02. The van der Waals surface area contributed by atoms with E-state index in [9.17, 15) is 13.2 Å². The summed E-state index contributed by atoms with van der Waals surface area (Å²) in [4.78, 5) is 9.00. The topological polar surface area (TPSA) is 41.1 Å². The lowest BCUT2D eigenvalue weighted by atomic mass is 10.1. The van der Waals surface area contributed by atoms with Crippen LogP contribution in [0, 0.1) is 0 Å². The molecule has 2 rings (SSSR count). The highest BCUT2D eigenvalue weighted by Crippen LogP contribution is 2.28. The highest BCUT2D eigenvalue weighted by molar-refractivity contribution is 6.29. The molecule has 0 radical (unpaired) electrons. The van der Waals surface area contributed by atoms with Gasteiger partial charge in [-0.3, -0.25) is 4.90 Å². The molecule has 0 aliphatic carbocycles. The molecule has 1 aromatic rings. The normalized spacial score (nSPS) is 18.5. The van der Waals surface area contributed by atoms with E-state index in [-0.39, 0.29) is 17.0 Å². The minimum atomic E-state index is -4.60. The molecule has 1 fully saturated rings. The molecule has 0 aromatic carbocycles. The van der Waals surface area contributed by atoms with Crippen LogP contribution in [0.3, 0.4) is 0 Å². The van der Waals surface area contributed by atoms with Gasteiger partial charge in [0.2, 0.25) is 5.82 Å². The number of aromatic nitrogens is 2. The van der Waals surface area contributed by atoms with E-state index in [1.54, 1.807) is 0 Å². The van der Waals surface area contributed by atoms with Crippen molar-refractivity contribution in [2.45, 2.75) is 38.4 Å². The first-order valence-electron chi connectivity index (χ1n) is 6.96. The summed E-state index contributed by atoms with van der Waals surface area (Å²) in [5.74, 6) is -1.12. The maximum absolute atomic E-state index is 12.6. The summed E-state index contributed by atoms with van der Waals surface area (Å²) in [6, 6.07) is 1.54. The molecule has 1 aromatic heterocycles. The highest BCUT2D eigenvalue weighted by Gasteiger charge is 2.35. The lowest BCUT2D eigenvalue weighted by molar-refractivity contribution is -0.144. The third kappa shape index (κ3) is 4.71. The van der Waals surface area contributed by atoms with Crippen molar-refractivity contribution in [2.24, 2.45) is 0 Å². The van der Waals surface area contributed by atoms with Gasteiger partial charge < -0.3 is 5.32 Å². The van der Waals surface area contributed by atoms with E-state index in [1.807, 2.05) is 6.92 Å². The number of piperidine rings is 1. The number of nitrogens with zero attached hydrogens (tertiary/aromatic N) is 3. The number of anilines is 1. The molecule has 1 N–H and O–H groups in total. The van der Waals surface area contributed by atoms with Gasteiger partial charge in [-0.1, -0.05) is 18.0 Å². The molecule has 2 heterocycles. The molecule has 0 amide bonds. The van der Waals surface area contributed by atoms with Crippen LogP contribution in [0.2, 0.25) is 5.15 Å². The van der Waals surface area contributed by atoms with Crippen molar-refractivity contribution in [3.8, 4) is 0 Å². The zero-order valence-electron chi connectivity index (χ0n) is 11.8. The monoisotopic (exact) mass is 322 g/mol. The summed E-state index contributed by atoms with van der Waals surface area (Å²) in [7, 11) is 0. The van der Waals surface area contributed by atoms with Crippen LogP contribution in [0.25, 0.3) is 0 Å². The molecule has 21 heavy (non-hydrogen) atoms. The molecule has 1 unspecified atom stereocenters. The second-order valence-corrected chi connectivity index (χ2v) is 5.61. The van der Waals surface area contributed by atoms with Crippen LogP contribution in [0.15, 0.2) is 6.07 Å². The minimum absolute atomic E-state index is 0.103. The smallest absolute Gasteiger partial charge is 0.368 e. The van der Waals surface area contributed by atoms with Crippen LogP contribution in [-0.2, 0) is 6.18 Å². The average molecular weight is 323 g/mol. The fraction of sp³-hybridized carbons (Fsp3) is 0.692. The standard InChI is InChI=1S/C13H18ClF3N4/c1-9(21-5-3-2-4-6-21)8-18-11-7-10(14)19-12(20-11)13(15,16)17/h7,9H,2-6,8H2,1H3,(H,18,19,20). The Morgan fingerprint density at radius 1 is 1.29 bits per heavy atom. The van der Waals surface area contributed by atoms with E-state index in [0.717, 1.165) is 13.1 Å². The van der Waals surface area contributed by atoms with Crippen LogP contribution in [0.1, 0.15) is 32.0 Å². The van der Waals surface area contributed by atoms with Crippen molar-refractivity contribution >= 4 is 17.4 Å². The van der Waals surface area contributed by atoms with Gasteiger partial charge in [0.15, 0.2) is 0 Å². The van der Waals surface area contributed by atoms with E-state index in [4.69, 9.17) is 11.6 Å². The lowest BCUT2D eigenvalue weighted by Crippen LogP contribution is -2.41. The van der Waals surface area contributed by atoms with Crippen molar-refractivity contribution in [3.05, 3.63) is 17.0 Å². The van der Waals surface area contributed by atoms with E-state index < -0.39 is 12.0 Å². The Kier molecular flexibility index (Phi) is 5.27. The summed E-state index contributed by atoms with van der Waals surface area (Å²) >= 11 is 5.62. The van der Waals surface area contributed by atoms with Gasteiger partial charge >= 0.3 is 6.18 Å². The number of rotatable bonds is 4. The molecular weight excluding hydrogens is 305 g/mol. The zero-order chi connectivity index (χ0) is 15.5. The molecule has 0 spiro atoms. The Hall–Kier alpha value is -1.08. The fourth-order valence-electron chi connectivity index (χ4n) is 2.38. The van der Waals surface area contributed by atoms with Gasteiger partial charge in [-0.2, -0.15) is 13.2 Å². The average Bonchev–Trinajstić information content (AvgIpc) is 2.44. The first-order chi connectivity index (χ1) is 9.86. The zero-order valence-corrected chi connectivity index (χ0v) is 12.5. The van der Waals surface area contributed by atoms with Gasteiger partial charge in [0.1, 0.15) is 11.0 Å². The maximum atomic E-state index is 12.6. The number of hydrogen-bond donors (Lipinski definition) is 1. The van der Waals surface area contributed by atoms with Gasteiger partial charge in [-0.05, 0) is 32.9 Å². The Balaban J connectivity index is 1.97. The Labute approximate surface area is 126 Å². The molecule has 1 aliphatic rings. The van der Waals surface area contributed by atoms with Crippen molar-refractivity contribution in [1.82, 2.24) is 14.9 Å². The number of likely N-dealkylation sites (tertiary alicyclic amines) is 1. The second kappa shape index (κ2) is 6.79. The first-order valence-corrected chi connectivity index (χ1v) is 7.34. The molecule has 0 saturated carbocycles. The van der Waals surface area contributed by atoms with Gasteiger partial charge in [-0.15, -0.1) is 0 Å². The van der Waals surface area contributed by atoms with Gasteiger partial charge in [-0.25, -0.2) is 9.97 Å².